The van der Waals surface area contributed by atoms with E-state index in [-0.39, 0.29) is 0 Å². The van der Waals surface area contributed by atoms with Gasteiger partial charge in [0.1, 0.15) is 4.21 Å². The van der Waals surface area contributed by atoms with Gasteiger partial charge in [-0.05, 0) is 23.6 Å². The van der Waals surface area contributed by atoms with Gasteiger partial charge in [-0.25, -0.2) is 18.1 Å². The zero-order valence-corrected chi connectivity index (χ0v) is 13.6. The normalized spacial score (nSPS) is 11.8. The average Bonchev–Trinajstić information content (AvgIpc) is 3.07. The fourth-order valence-electron chi connectivity index (χ4n) is 1.60. The molecule has 20 heavy (non-hydrogen) atoms. The number of sulfonamides is 1. The maximum Gasteiger partial charge on any atom is 0.250 e. The number of hydrogen-bond donors (Lipinski definition) is 2. The molecule has 0 amide bonds. The van der Waals surface area contributed by atoms with Gasteiger partial charge in [-0.2, -0.15) is 0 Å². The summed E-state index contributed by atoms with van der Waals surface area (Å²) in [6, 6.07) is 1.72. The predicted octanol–water partition coefficient (Wildman–Crippen LogP) is 1.84. The maximum absolute atomic E-state index is 12.1. The van der Waals surface area contributed by atoms with Gasteiger partial charge in [0.15, 0.2) is 0 Å². The topological polar surface area (TPSA) is 71.1 Å². The van der Waals surface area contributed by atoms with Crippen LogP contribution in [0.2, 0.25) is 0 Å². The second-order valence-corrected chi connectivity index (χ2v) is 8.01. The number of thiazole rings is 1. The highest BCUT2D eigenvalue weighted by molar-refractivity contribution is 7.91. The maximum atomic E-state index is 12.1. The van der Waals surface area contributed by atoms with Crippen LogP contribution in [0.15, 0.2) is 27.2 Å². The van der Waals surface area contributed by atoms with Gasteiger partial charge in [-0.1, -0.05) is 6.92 Å². The van der Waals surface area contributed by atoms with E-state index in [9.17, 15) is 8.42 Å². The number of aromatic nitrogens is 1. The Morgan fingerprint density at radius 3 is 2.90 bits per heavy atom. The van der Waals surface area contributed by atoms with Gasteiger partial charge in [-0.15, -0.1) is 22.7 Å². The Bertz CT molecular complexity index is 620. The number of thiophene rings is 1. The van der Waals surface area contributed by atoms with Crippen LogP contribution in [0.4, 0.5) is 0 Å². The lowest BCUT2D eigenvalue weighted by atomic mass is 10.3. The minimum atomic E-state index is -3.40. The van der Waals surface area contributed by atoms with Gasteiger partial charge in [0.2, 0.25) is 10.0 Å². The highest BCUT2D eigenvalue weighted by atomic mass is 32.2. The van der Waals surface area contributed by atoms with E-state index in [1.165, 1.54) is 22.7 Å². The molecule has 0 fully saturated rings. The molecular weight excluding hydrogens is 314 g/mol. The monoisotopic (exact) mass is 331 g/mol. The molecule has 2 aromatic rings. The first-order valence-corrected chi connectivity index (χ1v) is 9.52. The van der Waals surface area contributed by atoms with E-state index in [4.69, 9.17) is 0 Å². The Hall–Kier alpha value is -0.800. The molecule has 2 rings (SSSR count). The quantitative estimate of drug-likeness (QED) is 0.774. The zero-order valence-electron chi connectivity index (χ0n) is 11.1. The molecule has 0 aliphatic rings. The van der Waals surface area contributed by atoms with Crippen molar-refractivity contribution < 1.29 is 8.42 Å². The smallest absolute Gasteiger partial charge is 0.250 e. The summed E-state index contributed by atoms with van der Waals surface area (Å²) in [6.07, 6.45) is 2.34. The molecule has 5 nitrogen and oxygen atoms in total. The van der Waals surface area contributed by atoms with Crippen LogP contribution in [0.25, 0.3) is 0 Å². The van der Waals surface area contributed by atoms with Crippen LogP contribution < -0.4 is 10.0 Å². The zero-order chi connectivity index (χ0) is 14.4. The number of hydrogen-bond acceptors (Lipinski definition) is 6. The molecule has 0 spiro atoms. The molecule has 0 saturated carbocycles. The fourth-order valence-corrected chi connectivity index (χ4v) is 4.50. The second kappa shape index (κ2) is 7.28. The Morgan fingerprint density at radius 2 is 2.20 bits per heavy atom. The van der Waals surface area contributed by atoms with E-state index in [1.54, 1.807) is 12.3 Å². The SMILES string of the molecule is CCNCc1csc(S(=O)(=O)NCCc2nccs2)c1. The van der Waals surface area contributed by atoms with Gasteiger partial charge >= 0.3 is 0 Å². The molecule has 0 aromatic carbocycles. The summed E-state index contributed by atoms with van der Waals surface area (Å²) in [5, 5.41) is 7.87. The van der Waals surface area contributed by atoms with Crippen molar-refractivity contribution in [1.29, 1.82) is 0 Å². The average molecular weight is 331 g/mol. The van der Waals surface area contributed by atoms with Crippen LogP contribution in [-0.2, 0) is 23.0 Å². The van der Waals surface area contributed by atoms with E-state index in [0.717, 1.165) is 17.1 Å². The number of nitrogens with zero attached hydrogens (tertiary/aromatic N) is 1. The van der Waals surface area contributed by atoms with Crippen molar-refractivity contribution in [1.82, 2.24) is 15.0 Å². The van der Waals surface area contributed by atoms with Crippen molar-refractivity contribution in [2.24, 2.45) is 0 Å². The van der Waals surface area contributed by atoms with E-state index >= 15 is 0 Å². The first-order chi connectivity index (χ1) is 9.62. The molecule has 0 saturated heterocycles. The standard InChI is InChI=1S/C12H17N3O2S3/c1-2-13-8-10-7-12(19-9-10)20(16,17)15-4-3-11-14-5-6-18-11/h5-7,9,13,15H,2-4,8H2,1H3. The number of nitrogens with one attached hydrogen (secondary N) is 2. The van der Waals surface area contributed by atoms with E-state index in [1.807, 2.05) is 17.7 Å². The van der Waals surface area contributed by atoms with E-state index < -0.39 is 10.0 Å². The third-order valence-electron chi connectivity index (χ3n) is 2.59. The van der Waals surface area contributed by atoms with Crippen molar-refractivity contribution in [3.05, 3.63) is 33.6 Å². The fraction of sp³-hybridized carbons (Fsp3) is 0.417. The van der Waals surface area contributed by atoms with E-state index in [0.29, 0.717) is 23.7 Å². The first-order valence-electron chi connectivity index (χ1n) is 6.28. The van der Waals surface area contributed by atoms with Gasteiger partial charge in [0, 0.05) is 31.1 Å². The molecule has 0 atom stereocenters. The van der Waals surface area contributed by atoms with Crippen LogP contribution in [0, 0.1) is 0 Å². The van der Waals surface area contributed by atoms with Crippen molar-refractivity contribution in [2.45, 2.75) is 24.1 Å². The van der Waals surface area contributed by atoms with Crippen LogP contribution in [0.3, 0.4) is 0 Å². The summed E-state index contributed by atoms with van der Waals surface area (Å²) >= 11 is 2.78. The minimum absolute atomic E-state index is 0.365. The van der Waals surface area contributed by atoms with Gasteiger partial charge in [-0.3, -0.25) is 0 Å². The first kappa shape index (κ1) is 15.6. The molecule has 0 bridgehead atoms. The van der Waals surface area contributed by atoms with Crippen LogP contribution in [0.1, 0.15) is 17.5 Å². The van der Waals surface area contributed by atoms with E-state index in [2.05, 4.69) is 15.0 Å². The summed E-state index contributed by atoms with van der Waals surface area (Å²) < 4.78 is 27.2. The molecule has 0 aliphatic heterocycles. The largest absolute Gasteiger partial charge is 0.313 e. The summed E-state index contributed by atoms with van der Waals surface area (Å²) in [4.78, 5) is 4.12. The molecule has 2 aromatic heterocycles. The molecule has 0 radical (unpaired) electrons. The Morgan fingerprint density at radius 1 is 1.35 bits per heavy atom. The summed E-state index contributed by atoms with van der Waals surface area (Å²) in [5.74, 6) is 0. The molecule has 0 unspecified atom stereocenters. The van der Waals surface area contributed by atoms with Crippen LogP contribution in [-0.4, -0.2) is 26.5 Å². The molecule has 0 aliphatic carbocycles. The van der Waals surface area contributed by atoms with Crippen LogP contribution in [0.5, 0.6) is 0 Å². The van der Waals surface area contributed by atoms with Crippen LogP contribution >= 0.6 is 22.7 Å². The number of rotatable bonds is 8. The molecule has 110 valence electrons. The third kappa shape index (κ3) is 4.35. The Labute approximate surface area is 127 Å². The minimum Gasteiger partial charge on any atom is -0.313 e. The van der Waals surface area contributed by atoms with Crippen molar-refractivity contribution in [2.75, 3.05) is 13.1 Å². The lowest BCUT2D eigenvalue weighted by Gasteiger charge is -2.03. The lowest BCUT2D eigenvalue weighted by Crippen LogP contribution is -2.25. The lowest BCUT2D eigenvalue weighted by molar-refractivity contribution is 0.583. The second-order valence-electron chi connectivity index (χ2n) is 4.13. The molecular formula is C12H17N3O2S3. The van der Waals surface area contributed by atoms with Crippen molar-refractivity contribution >= 4 is 32.7 Å². The summed E-state index contributed by atoms with van der Waals surface area (Å²) in [6.45, 7) is 3.95. The highest BCUT2D eigenvalue weighted by Crippen LogP contribution is 2.20. The van der Waals surface area contributed by atoms with Gasteiger partial charge in [0.25, 0.3) is 0 Å². The molecule has 2 N–H and O–H groups in total. The van der Waals surface area contributed by atoms with Gasteiger partial charge < -0.3 is 5.32 Å². The van der Waals surface area contributed by atoms with Crippen molar-refractivity contribution in [3.8, 4) is 0 Å². The van der Waals surface area contributed by atoms with Gasteiger partial charge in [0.05, 0.1) is 5.01 Å². The summed E-state index contributed by atoms with van der Waals surface area (Å²) in [5.41, 5.74) is 0.997. The molecule has 2 heterocycles. The molecule has 8 heteroatoms. The Kier molecular flexibility index (Phi) is 5.67. The highest BCUT2D eigenvalue weighted by Gasteiger charge is 2.16. The summed E-state index contributed by atoms with van der Waals surface area (Å²) in [7, 11) is -3.40. The predicted molar refractivity (Wildman–Crippen MR) is 82.7 cm³/mol. The Balaban J connectivity index is 1.90. The van der Waals surface area contributed by atoms with Crippen molar-refractivity contribution in [3.63, 3.8) is 0 Å². The third-order valence-corrected chi connectivity index (χ3v) is 6.38.